The molecule has 1 aliphatic heterocycles. The van der Waals surface area contributed by atoms with Crippen molar-refractivity contribution >= 4 is 26.8 Å². The van der Waals surface area contributed by atoms with Gasteiger partial charge in [-0.15, -0.1) is 0 Å². The number of carbonyl (C=O) groups excluding carboxylic acids is 1. The summed E-state index contributed by atoms with van der Waals surface area (Å²) in [6, 6.07) is 13.5. The Morgan fingerprint density at radius 1 is 1.04 bits per heavy atom. The van der Waals surface area contributed by atoms with Gasteiger partial charge in [-0.05, 0) is 31.0 Å². The first-order chi connectivity index (χ1) is 12.9. The lowest BCUT2D eigenvalue weighted by Gasteiger charge is -2.31. The highest BCUT2D eigenvalue weighted by Gasteiger charge is 2.33. The van der Waals surface area contributed by atoms with Gasteiger partial charge in [-0.1, -0.05) is 30.3 Å². The minimum Gasteiger partial charge on any atom is -0.306 e. The number of piperidine rings is 1. The van der Waals surface area contributed by atoms with Crippen molar-refractivity contribution in [2.75, 3.05) is 13.1 Å². The predicted octanol–water partition coefficient (Wildman–Crippen LogP) is 2.14. The van der Waals surface area contributed by atoms with Gasteiger partial charge in [0, 0.05) is 24.6 Å². The molecule has 8 heteroatoms. The normalized spacial score (nSPS) is 18.6. The van der Waals surface area contributed by atoms with Gasteiger partial charge in [-0.2, -0.15) is 4.31 Å². The molecule has 2 aromatic carbocycles. The number of aromatic amines is 2. The molecule has 2 heterocycles. The van der Waals surface area contributed by atoms with Crippen molar-refractivity contribution in [2.24, 2.45) is 5.92 Å². The average Bonchev–Trinajstić information content (AvgIpc) is 3.07. The minimum absolute atomic E-state index is 0.0269. The number of Topliss-reactive ketones (excluding diaryl/α,β-unsaturated/α-hetero) is 1. The van der Waals surface area contributed by atoms with Crippen LogP contribution >= 0.6 is 0 Å². The van der Waals surface area contributed by atoms with Crippen LogP contribution in [0.5, 0.6) is 0 Å². The molecule has 2 N–H and O–H groups in total. The quantitative estimate of drug-likeness (QED) is 0.672. The molecule has 7 nitrogen and oxygen atoms in total. The second kappa shape index (κ2) is 6.79. The number of hydrogen-bond donors (Lipinski definition) is 2. The van der Waals surface area contributed by atoms with Crippen LogP contribution in [0.25, 0.3) is 11.0 Å². The molecule has 0 amide bonds. The molecule has 0 bridgehead atoms. The van der Waals surface area contributed by atoms with Gasteiger partial charge < -0.3 is 9.97 Å². The minimum atomic E-state index is -3.75. The Bertz CT molecular complexity index is 1150. The van der Waals surface area contributed by atoms with Crippen LogP contribution in [-0.2, 0) is 10.0 Å². The van der Waals surface area contributed by atoms with Gasteiger partial charge in [0.25, 0.3) is 0 Å². The molecule has 27 heavy (non-hydrogen) atoms. The van der Waals surface area contributed by atoms with Crippen molar-refractivity contribution in [1.29, 1.82) is 0 Å². The van der Waals surface area contributed by atoms with Crippen molar-refractivity contribution in [3.05, 3.63) is 64.6 Å². The van der Waals surface area contributed by atoms with Gasteiger partial charge in [0.2, 0.25) is 10.0 Å². The molecule has 1 saturated heterocycles. The zero-order valence-electron chi connectivity index (χ0n) is 14.5. The summed E-state index contributed by atoms with van der Waals surface area (Å²) >= 11 is 0. The molecule has 0 radical (unpaired) electrons. The van der Waals surface area contributed by atoms with Crippen molar-refractivity contribution in [3.8, 4) is 0 Å². The third-order valence-electron chi connectivity index (χ3n) is 4.94. The monoisotopic (exact) mass is 385 g/mol. The van der Waals surface area contributed by atoms with E-state index in [1.165, 1.54) is 16.4 Å². The fraction of sp³-hybridized carbons (Fsp3) is 0.263. The van der Waals surface area contributed by atoms with Gasteiger partial charge in [0.15, 0.2) is 5.78 Å². The zero-order valence-corrected chi connectivity index (χ0v) is 15.3. The van der Waals surface area contributed by atoms with Gasteiger partial charge in [-0.25, -0.2) is 13.2 Å². The highest BCUT2D eigenvalue weighted by molar-refractivity contribution is 7.89. The summed E-state index contributed by atoms with van der Waals surface area (Å²) in [5, 5.41) is 0. The maximum atomic E-state index is 13.1. The first-order valence-electron chi connectivity index (χ1n) is 8.76. The molecular weight excluding hydrogens is 366 g/mol. The summed E-state index contributed by atoms with van der Waals surface area (Å²) in [7, 11) is -3.75. The number of H-pyrrole nitrogens is 2. The van der Waals surface area contributed by atoms with E-state index in [4.69, 9.17) is 0 Å². The van der Waals surface area contributed by atoms with E-state index in [9.17, 15) is 18.0 Å². The number of sulfonamides is 1. The molecule has 140 valence electrons. The zero-order chi connectivity index (χ0) is 19.0. The van der Waals surface area contributed by atoms with Crippen LogP contribution in [0.4, 0.5) is 0 Å². The van der Waals surface area contributed by atoms with Crippen LogP contribution in [-0.4, -0.2) is 41.6 Å². The average molecular weight is 385 g/mol. The molecule has 1 aliphatic rings. The smallest absolute Gasteiger partial charge is 0.306 e. The van der Waals surface area contributed by atoms with Gasteiger partial charge in [-0.3, -0.25) is 4.79 Å². The highest BCUT2D eigenvalue weighted by Crippen LogP contribution is 2.27. The Labute approximate surface area is 156 Å². The number of hydrogen-bond acceptors (Lipinski definition) is 4. The van der Waals surface area contributed by atoms with Crippen LogP contribution in [0.15, 0.2) is 58.2 Å². The Morgan fingerprint density at radius 3 is 2.56 bits per heavy atom. The Morgan fingerprint density at radius 2 is 1.78 bits per heavy atom. The first-order valence-corrected chi connectivity index (χ1v) is 10.2. The van der Waals surface area contributed by atoms with Crippen molar-refractivity contribution in [3.63, 3.8) is 0 Å². The second-order valence-electron chi connectivity index (χ2n) is 6.72. The van der Waals surface area contributed by atoms with Crippen molar-refractivity contribution in [2.45, 2.75) is 17.7 Å². The maximum absolute atomic E-state index is 13.1. The molecule has 0 spiro atoms. The number of nitrogens with zero attached hydrogens (tertiary/aromatic N) is 1. The van der Waals surface area contributed by atoms with E-state index in [0.29, 0.717) is 36.0 Å². The largest absolute Gasteiger partial charge is 0.323 e. The van der Waals surface area contributed by atoms with E-state index in [-0.39, 0.29) is 28.8 Å². The van der Waals surface area contributed by atoms with Crippen LogP contribution in [0.1, 0.15) is 23.2 Å². The molecule has 3 aromatic rings. The third kappa shape index (κ3) is 3.33. The van der Waals surface area contributed by atoms with Crippen LogP contribution in [0.3, 0.4) is 0 Å². The number of rotatable bonds is 4. The fourth-order valence-corrected chi connectivity index (χ4v) is 5.08. The van der Waals surface area contributed by atoms with E-state index >= 15 is 0 Å². The number of aromatic nitrogens is 2. The van der Waals surface area contributed by atoms with E-state index in [1.54, 1.807) is 30.3 Å². The third-order valence-corrected chi connectivity index (χ3v) is 6.80. The van der Waals surface area contributed by atoms with E-state index < -0.39 is 10.0 Å². The van der Waals surface area contributed by atoms with E-state index in [0.717, 1.165) is 0 Å². The number of nitrogens with one attached hydrogen (secondary N) is 2. The summed E-state index contributed by atoms with van der Waals surface area (Å²) in [5.41, 5.74) is 1.21. The van der Waals surface area contributed by atoms with Gasteiger partial charge in [0.05, 0.1) is 15.9 Å². The number of ketones is 1. The van der Waals surface area contributed by atoms with Gasteiger partial charge >= 0.3 is 5.69 Å². The number of carbonyl (C=O) groups is 1. The van der Waals surface area contributed by atoms with Gasteiger partial charge in [0.1, 0.15) is 0 Å². The summed E-state index contributed by atoms with van der Waals surface area (Å²) in [5.74, 6) is -0.382. The lowest BCUT2D eigenvalue weighted by Crippen LogP contribution is -2.42. The number of imidazole rings is 1. The van der Waals surface area contributed by atoms with Crippen molar-refractivity contribution < 1.29 is 13.2 Å². The molecule has 0 saturated carbocycles. The Kier molecular flexibility index (Phi) is 4.45. The molecule has 1 unspecified atom stereocenters. The van der Waals surface area contributed by atoms with Crippen molar-refractivity contribution in [1.82, 2.24) is 14.3 Å². The topological polar surface area (TPSA) is 103 Å². The lowest BCUT2D eigenvalue weighted by atomic mass is 9.91. The van der Waals surface area contributed by atoms with E-state index in [1.807, 2.05) is 6.07 Å². The lowest BCUT2D eigenvalue weighted by molar-refractivity contribution is 0.0872. The fourth-order valence-electron chi connectivity index (χ4n) is 3.53. The number of fused-ring (bicyclic) bond motifs is 1. The summed E-state index contributed by atoms with van der Waals surface area (Å²) < 4.78 is 27.5. The van der Waals surface area contributed by atoms with Crippen LogP contribution in [0.2, 0.25) is 0 Å². The second-order valence-corrected chi connectivity index (χ2v) is 8.66. The highest BCUT2D eigenvalue weighted by atomic mass is 32.2. The summed E-state index contributed by atoms with van der Waals surface area (Å²) in [4.78, 5) is 29.4. The molecule has 1 aromatic heterocycles. The van der Waals surface area contributed by atoms with Crippen LogP contribution < -0.4 is 5.69 Å². The summed E-state index contributed by atoms with van der Waals surface area (Å²) in [6.45, 7) is 0.542. The molecule has 1 atom stereocenters. The molecule has 1 fully saturated rings. The van der Waals surface area contributed by atoms with Crippen LogP contribution in [0, 0.1) is 5.92 Å². The molecular formula is C19H19N3O4S. The maximum Gasteiger partial charge on any atom is 0.323 e. The standard InChI is InChI=1S/C19H19N3O4S/c23-18(13-5-2-1-3-6-13)14-7-4-10-22(12-14)27(25,26)15-8-9-16-17(11-15)21-19(24)20-16/h1-3,5-6,8-9,11,14H,4,7,10,12H2,(H2,20,21,24). The van der Waals surface area contributed by atoms with E-state index in [2.05, 4.69) is 9.97 Å². The molecule has 4 rings (SSSR count). The predicted molar refractivity (Wildman–Crippen MR) is 101 cm³/mol. The summed E-state index contributed by atoms with van der Waals surface area (Å²) in [6.07, 6.45) is 1.30. The SMILES string of the molecule is O=C(c1ccccc1)C1CCCN(S(=O)(=O)c2ccc3[nH]c(=O)[nH]c3c2)C1. The first kappa shape index (κ1) is 17.7. The Hall–Kier alpha value is -2.71. The Balaban J connectivity index is 1.61. The molecule has 0 aliphatic carbocycles. The number of benzene rings is 2.